The van der Waals surface area contributed by atoms with E-state index in [9.17, 15) is 24.3 Å². The number of ether oxygens (including phenoxy) is 1. The molecule has 0 aliphatic heterocycles. The third-order valence-electron chi connectivity index (χ3n) is 9.58. The Labute approximate surface area is 220 Å². The van der Waals surface area contributed by atoms with Crippen molar-refractivity contribution < 1.29 is 37.8 Å². The van der Waals surface area contributed by atoms with Crippen LogP contribution in [0.4, 0.5) is 13.6 Å². The Balaban J connectivity index is 1.86. The van der Waals surface area contributed by atoms with Crippen molar-refractivity contribution >= 4 is 33.9 Å². The summed E-state index contributed by atoms with van der Waals surface area (Å²) in [7, 11) is 2.99. The van der Waals surface area contributed by atoms with Crippen molar-refractivity contribution in [3.8, 4) is 0 Å². The number of hydrogen-bond acceptors (Lipinski definition) is 7. The van der Waals surface area contributed by atoms with Crippen molar-refractivity contribution in [3.63, 3.8) is 0 Å². The van der Waals surface area contributed by atoms with E-state index >= 15 is 8.78 Å². The van der Waals surface area contributed by atoms with Crippen LogP contribution in [0.25, 0.3) is 0 Å². The highest BCUT2D eigenvalue weighted by Gasteiger charge is 2.78. The van der Waals surface area contributed by atoms with E-state index < -0.39 is 74.2 Å². The molecule has 0 spiro atoms. The minimum atomic E-state index is -2.32. The third-order valence-corrected chi connectivity index (χ3v) is 10.6. The Bertz CT molecular complexity index is 1110. The molecule has 9 unspecified atom stereocenters. The summed E-state index contributed by atoms with van der Waals surface area (Å²) in [6.07, 6.45) is 0.118. The van der Waals surface area contributed by atoms with E-state index in [2.05, 4.69) is 0 Å². The maximum atomic E-state index is 17.4. The summed E-state index contributed by atoms with van der Waals surface area (Å²) in [5.41, 5.74) is -6.94. The average molecular weight is 540 g/mol. The van der Waals surface area contributed by atoms with Crippen LogP contribution in [-0.2, 0) is 19.1 Å². The molecule has 1 amide bonds. The largest absolute Gasteiger partial charge is 0.449 e. The first-order valence-corrected chi connectivity index (χ1v) is 13.5. The Hall–Kier alpha value is -2.07. The molecule has 0 radical (unpaired) electrons. The molecule has 7 nitrogen and oxygen atoms in total. The van der Waals surface area contributed by atoms with E-state index in [1.807, 2.05) is 0 Å². The summed E-state index contributed by atoms with van der Waals surface area (Å²) < 4.78 is 39.0. The minimum Gasteiger partial charge on any atom is -0.449 e. The fourth-order valence-electron chi connectivity index (χ4n) is 7.72. The quantitative estimate of drug-likeness (QED) is 0.537. The summed E-state index contributed by atoms with van der Waals surface area (Å²) in [4.78, 5) is 52.3. The zero-order valence-corrected chi connectivity index (χ0v) is 22.9. The first-order valence-electron chi connectivity index (χ1n) is 12.7. The van der Waals surface area contributed by atoms with E-state index in [-0.39, 0.29) is 31.3 Å². The van der Waals surface area contributed by atoms with E-state index in [0.717, 1.165) is 6.08 Å². The molecule has 3 fully saturated rings. The zero-order valence-electron chi connectivity index (χ0n) is 22.0. The number of fused-ring (bicyclic) bond motifs is 5. The molecule has 4 aliphatic rings. The predicted molar refractivity (Wildman–Crippen MR) is 134 cm³/mol. The standard InChI is InChI=1S/C27H35F2NO6S/c1-7-21(33)36-27(22(34)37-23(35)30(5)6)14(2)10-16-17-12-19(28)18-11-15(31)8-9-24(18,3)26(17,29)20(32)13-25(16,27)4/h8-9,11,14,16-17,19-20,32H,7,10,12-13H2,1-6H3. The number of alkyl halides is 2. The number of hydrogen-bond donors (Lipinski definition) is 1. The Morgan fingerprint density at radius 1 is 1.22 bits per heavy atom. The normalized spacial score (nSPS) is 44.3. The molecule has 0 aromatic carbocycles. The molecular weight excluding hydrogens is 504 g/mol. The van der Waals surface area contributed by atoms with Crippen LogP contribution in [-0.4, -0.2) is 69.8 Å². The van der Waals surface area contributed by atoms with Crippen molar-refractivity contribution in [2.24, 2.45) is 28.6 Å². The van der Waals surface area contributed by atoms with Crippen LogP contribution in [0.2, 0.25) is 0 Å². The molecule has 0 aromatic heterocycles. The van der Waals surface area contributed by atoms with Gasteiger partial charge in [-0.15, -0.1) is 0 Å². The molecular formula is C27H35F2NO6S. The number of esters is 1. The van der Waals surface area contributed by atoms with Crippen LogP contribution < -0.4 is 0 Å². The minimum absolute atomic E-state index is 0.0133. The molecule has 10 heteroatoms. The van der Waals surface area contributed by atoms with Crippen molar-refractivity contribution in [2.75, 3.05) is 14.1 Å². The topological polar surface area (TPSA) is 101 Å². The lowest BCUT2D eigenvalue weighted by Crippen LogP contribution is -2.70. The van der Waals surface area contributed by atoms with Gasteiger partial charge in [-0.05, 0) is 49.8 Å². The highest BCUT2D eigenvalue weighted by molar-refractivity contribution is 8.26. The number of nitrogens with zero attached hydrogens (tertiary/aromatic N) is 1. The summed E-state index contributed by atoms with van der Waals surface area (Å²) in [6, 6.07) is 0. The highest BCUT2D eigenvalue weighted by atomic mass is 32.2. The maximum Gasteiger partial charge on any atom is 0.306 e. The second-order valence-electron chi connectivity index (χ2n) is 11.6. The number of rotatable bonds is 3. The number of aliphatic hydroxyl groups is 1. The van der Waals surface area contributed by atoms with E-state index in [4.69, 9.17) is 4.74 Å². The first-order chi connectivity index (χ1) is 17.1. The van der Waals surface area contributed by atoms with Crippen LogP contribution in [0.5, 0.6) is 0 Å². The van der Waals surface area contributed by atoms with E-state index in [0.29, 0.717) is 11.8 Å². The Morgan fingerprint density at radius 2 is 1.86 bits per heavy atom. The molecule has 4 aliphatic carbocycles. The van der Waals surface area contributed by atoms with Gasteiger partial charge in [0.25, 0.3) is 5.24 Å². The van der Waals surface area contributed by atoms with Crippen molar-refractivity contribution in [1.82, 2.24) is 4.90 Å². The fraction of sp³-hybridized carbons (Fsp3) is 0.704. The Kier molecular flexibility index (Phi) is 6.80. The third kappa shape index (κ3) is 3.61. The fourth-order valence-corrected chi connectivity index (χ4v) is 8.68. The molecule has 0 saturated heterocycles. The SMILES string of the molecule is CCC(=O)OC1(C(=O)SC(=O)N(C)C)C(C)CC2C3CC(F)C4=CC(=O)C=CC4(C)C3(F)C(O)CC21C. The Morgan fingerprint density at radius 3 is 2.46 bits per heavy atom. The summed E-state index contributed by atoms with van der Waals surface area (Å²) in [5.74, 6) is -3.36. The number of carbonyl (C=O) groups is 4. The van der Waals surface area contributed by atoms with Crippen LogP contribution in [0.1, 0.15) is 53.4 Å². The van der Waals surface area contributed by atoms with Gasteiger partial charge in [-0.1, -0.05) is 26.8 Å². The monoisotopic (exact) mass is 539 g/mol. The zero-order chi connectivity index (χ0) is 27.7. The molecule has 3 saturated carbocycles. The number of thioether (sulfide) groups is 1. The van der Waals surface area contributed by atoms with Gasteiger partial charge in [0.15, 0.2) is 17.1 Å². The van der Waals surface area contributed by atoms with Crippen LogP contribution in [0, 0.1) is 28.6 Å². The lowest BCUT2D eigenvalue weighted by Gasteiger charge is -2.63. The van der Waals surface area contributed by atoms with Gasteiger partial charge in [0.2, 0.25) is 5.12 Å². The van der Waals surface area contributed by atoms with Crippen molar-refractivity contribution in [1.29, 1.82) is 0 Å². The molecule has 9 atom stereocenters. The van der Waals surface area contributed by atoms with Crippen molar-refractivity contribution in [2.45, 2.75) is 76.9 Å². The number of ketones is 1. The summed E-state index contributed by atoms with van der Waals surface area (Å²) in [6.45, 7) is 6.50. The van der Waals surface area contributed by atoms with Gasteiger partial charge >= 0.3 is 5.97 Å². The van der Waals surface area contributed by atoms with Gasteiger partial charge in [-0.25, -0.2) is 8.78 Å². The van der Waals surface area contributed by atoms with Gasteiger partial charge in [-0.3, -0.25) is 19.2 Å². The number of allylic oxidation sites excluding steroid dienone is 4. The summed E-state index contributed by atoms with van der Waals surface area (Å²) >= 11 is 0.426. The number of amides is 1. The second kappa shape index (κ2) is 9.00. The van der Waals surface area contributed by atoms with Gasteiger partial charge in [-0.2, -0.15) is 0 Å². The number of aliphatic hydroxyl groups excluding tert-OH is 1. The molecule has 0 heterocycles. The first kappa shape index (κ1) is 28.0. The van der Waals surface area contributed by atoms with Gasteiger partial charge in [0.1, 0.15) is 6.17 Å². The molecule has 1 N–H and O–H groups in total. The second-order valence-corrected chi connectivity index (χ2v) is 12.5. The van der Waals surface area contributed by atoms with Crippen LogP contribution in [0.3, 0.4) is 0 Å². The predicted octanol–water partition coefficient (Wildman–Crippen LogP) is 4.18. The lowest BCUT2D eigenvalue weighted by molar-refractivity contribution is -0.228. The van der Waals surface area contributed by atoms with Gasteiger partial charge < -0.3 is 14.7 Å². The lowest BCUT2D eigenvalue weighted by atomic mass is 9.44. The van der Waals surface area contributed by atoms with E-state index in [1.165, 1.54) is 38.1 Å². The average Bonchev–Trinajstić information content (AvgIpc) is 3.04. The molecule has 37 heavy (non-hydrogen) atoms. The summed E-state index contributed by atoms with van der Waals surface area (Å²) in [5, 5.41) is 10.3. The van der Waals surface area contributed by atoms with Crippen molar-refractivity contribution in [3.05, 3.63) is 23.8 Å². The molecule has 0 aromatic rings. The number of carbonyl (C=O) groups excluding carboxylic acids is 4. The van der Waals surface area contributed by atoms with Crippen LogP contribution >= 0.6 is 11.8 Å². The molecule has 4 rings (SSSR count). The highest BCUT2D eigenvalue weighted by Crippen LogP contribution is 2.72. The van der Waals surface area contributed by atoms with Gasteiger partial charge in [0, 0.05) is 54.9 Å². The van der Waals surface area contributed by atoms with Crippen LogP contribution in [0.15, 0.2) is 23.8 Å². The smallest absolute Gasteiger partial charge is 0.306 e. The maximum absolute atomic E-state index is 17.4. The van der Waals surface area contributed by atoms with Gasteiger partial charge in [0.05, 0.1) is 6.10 Å². The molecule has 204 valence electrons. The number of halogens is 2. The molecule has 0 bridgehead atoms. The van der Waals surface area contributed by atoms with E-state index in [1.54, 1.807) is 20.8 Å².